The van der Waals surface area contributed by atoms with Crippen molar-refractivity contribution in [3.8, 4) is 6.07 Å². The van der Waals surface area contributed by atoms with Crippen LogP contribution in [-0.2, 0) is 0 Å². The highest BCUT2D eigenvalue weighted by molar-refractivity contribution is 5.32. The van der Waals surface area contributed by atoms with Gasteiger partial charge in [0.25, 0.3) is 0 Å². The number of hydrogen-bond acceptors (Lipinski definition) is 2. The molecule has 1 N–H and O–H groups in total. The summed E-state index contributed by atoms with van der Waals surface area (Å²) in [7, 11) is 0. The van der Waals surface area contributed by atoms with Gasteiger partial charge in [-0.1, -0.05) is 37.6 Å². The van der Waals surface area contributed by atoms with Gasteiger partial charge in [-0.3, -0.25) is 0 Å². The summed E-state index contributed by atoms with van der Waals surface area (Å²) in [5, 5.41) is 20.6. The van der Waals surface area contributed by atoms with Gasteiger partial charge >= 0.3 is 0 Å². The molecule has 1 atom stereocenters. The third-order valence-electron chi connectivity index (χ3n) is 5.60. The van der Waals surface area contributed by atoms with Crippen LogP contribution < -0.4 is 0 Å². The van der Waals surface area contributed by atoms with Gasteiger partial charge in [-0.15, -0.1) is 0 Å². The molecular weight excluding hydrogens is 258 g/mol. The summed E-state index contributed by atoms with van der Waals surface area (Å²) in [6.07, 6.45) is 6.89. The van der Waals surface area contributed by atoms with Crippen molar-refractivity contribution in [2.75, 3.05) is 0 Å². The van der Waals surface area contributed by atoms with Crippen LogP contribution in [0.15, 0.2) is 24.3 Å². The zero-order chi connectivity index (χ0) is 14.9. The van der Waals surface area contributed by atoms with E-state index in [1.165, 1.54) is 24.8 Å². The van der Waals surface area contributed by atoms with E-state index < -0.39 is 11.5 Å². The molecule has 2 saturated carbocycles. The first kappa shape index (κ1) is 14.6. The molecule has 0 amide bonds. The van der Waals surface area contributed by atoms with E-state index in [1.54, 1.807) is 0 Å². The highest BCUT2D eigenvalue weighted by atomic mass is 16.3. The molecule has 0 radical (unpaired) electrons. The van der Waals surface area contributed by atoms with Crippen LogP contribution in [0.3, 0.4) is 0 Å². The molecule has 0 saturated heterocycles. The molecule has 112 valence electrons. The molecule has 0 bridgehead atoms. The number of rotatable bonds is 4. The summed E-state index contributed by atoms with van der Waals surface area (Å²) >= 11 is 0. The molecule has 1 unspecified atom stereocenters. The van der Waals surface area contributed by atoms with Gasteiger partial charge in [0.2, 0.25) is 0 Å². The Morgan fingerprint density at radius 1 is 1.29 bits per heavy atom. The third kappa shape index (κ3) is 2.85. The maximum absolute atomic E-state index is 10.9. The summed E-state index contributed by atoms with van der Waals surface area (Å²) in [6.45, 7) is 2.22. The Morgan fingerprint density at radius 3 is 2.57 bits per heavy atom. The van der Waals surface area contributed by atoms with Gasteiger partial charge in [-0.2, -0.15) is 5.26 Å². The molecule has 3 rings (SSSR count). The van der Waals surface area contributed by atoms with E-state index in [4.69, 9.17) is 0 Å². The average molecular weight is 283 g/mol. The smallest absolute Gasteiger partial charge is 0.0976 e. The van der Waals surface area contributed by atoms with Crippen molar-refractivity contribution >= 4 is 0 Å². The van der Waals surface area contributed by atoms with Crippen LogP contribution >= 0.6 is 0 Å². The zero-order valence-corrected chi connectivity index (χ0v) is 12.9. The van der Waals surface area contributed by atoms with E-state index in [1.807, 2.05) is 12.1 Å². The molecular formula is C19H25NO. The third-order valence-corrected chi connectivity index (χ3v) is 5.60. The van der Waals surface area contributed by atoms with Gasteiger partial charge in [0.1, 0.15) is 0 Å². The number of nitriles is 1. The van der Waals surface area contributed by atoms with Gasteiger partial charge in [0, 0.05) is 0 Å². The monoisotopic (exact) mass is 283 g/mol. The normalized spacial score (nSPS) is 30.6. The first-order chi connectivity index (χ1) is 10.2. The molecule has 2 aliphatic rings. The van der Waals surface area contributed by atoms with Gasteiger partial charge < -0.3 is 5.11 Å². The van der Waals surface area contributed by atoms with Crippen LogP contribution in [0, 0.1) is 22.7 Å². The minimum Gasteiger partial charge on any atom is -0.387 e. The first-order valence-electron chi connectivity index (χ1n) is 8.37. The van der Waals surface area contributed by atoms with Gasteiger partial charge in [0.15, 0.2) is 0 Å². The van der Waals surface area contributed by atoms with Gasteiger partial charge in [-0.25, -0.2) is 0 Å². The van der Waals surface area contributed by atoms with Crippen LogP contribution in [0.2, 0.25) is 0 Å². The van der Waals surface area contributed by atoms with Crippen LogP contribution in [0.4, 0.5) is 0 Å². The van der Waals surface area contributed by atoms with Gasteiger partial charge in [0.05, 0.1) is 17.6 Å². The van der Waals surface area contributed by atoms with Crippen molar-refractivity contribution in [1.82, 2.24) is 0 Å². The quantitative estimate of drug-likeness (QED) is 0.869. The Labute approximate surface area is 127 Å². The van der Waals surface area contributed by atoms with Crippen LogP contribution in [-0.4, -0.2) is 5.11 Å². The fourth-order valence-corrected chi connectivity index (χ4v) is 3.77. The molecule has 0 aromatic heterocycles. The molecule has 2 fully saturated rings. The minimum absolute atomic E-state index is 0.576. The van der Waals surface area contributed by atoms with Crippen molar-refractivity contribution < 1.29 is 5.11 Å². The topological polar surface area (TPSA) is 44.0 Å². The second-order valence-electron chi connectivity index (χ2n) is 6.97. The molecule has 0 spiro atoms. The van der Waals surface area contributed by atoms with Crippen LogP contribution in [0.5, 0.6) is 0 Å². The molecule has 0 aliphatic heterocycles. The average Bonchev–Trinajstić information content (AvgIpc) is 3.39. The Hall–Kier alpha value is -1.33. The summed E-state index contributed by atoms with van der Waals surface area (Å²) in [5.41, 5.74) is 1.70. The highest BCUT2D eigenvalue weighted by Crippen LogP contribution is 2.48. The van der Waals surface area contributed by atoms with Crippen LogP contribution in [0.25, 0.3) is 0 Å². The Balaban J connectivity index is 1.80. The second-order valence-corrected chi connectivity index (χ2v) is 6.97. The van der Waals surface area contributed by atoms with Crippen molar-refractivity contribution in [2.45, 2.75) is 63.9 Å². The maximum atomic E-state index is 10.9. The van der Waals surface area contributed by atoms with E-state index in [0.29, 0.717) is 5.92 Å². The Kier molecular flexibility index (Phi) is 4.04. The number of aliphatic hydroxyl groups is 1. The number of aliphatic hydroxyl groups excluding tert-OH is 1. The van der Waals surface area contributed by atoms with Crippen molar-refractivity contribution in [2.24, 2.45) is 11.3 Å². The SMILES string of the molecule is CCC1CCC(C#N)(C(O)c2cccc(C3CC3)c2)CC1. The fraction of sp³-hybridized carbons (Fsp3) is 0.632. The lowest BCUT2D eigenvalue weighted by atomic mass is 9.66. The van der Waals surface area contributed by atoms with E-state index in [2.05, 4.69) is 25.1 Å². The number of benzene rings is 1. The second kappa shape index (κ2) is 5.81. The summed E-state index contributed by atoms with van der Waals surface area (Å²) in [5.74, 6) is 1.42. The predicted octanol–water partition coefficient (Wildman–Crippen LogP) is 4.71. The standard InChI is InChI=1S/C19H25NO/c1-2-14-8-10-19(13-20,11-9-14)18(21)17-5-3-4-16(12-17)15-6-7-15/h3-5,12,14-15,18,21H,2,6-11H2,1H3. The number of nitrogens with zero attached hydrogens (tertiary/aromatic N) is 1. The molecule has 2 nitrogen and oxygen atoms in total. The fourth-order valence-electron chi connectivity index (χ4n) is 3.77. The number of hydrogen-bond donors (Lipinski definition) is 1. The Morgan fingerprint density at radius 2 is 2.00 bits per heavy atom. The molecule has 1 aromatic carbocycles. The van der Waals surface area contributed by atoms with Crippen molar-refractivity contribution in [3.05, 3.63) is 35.4 Å². The van der Waals surface area contributed by atoms with E-state index in [0.717, 1.165) is 37.2 Å². The molecule has 1 aromatic rings. The van der Waals surface area contributed by atoms with Crippen LogP contribution in [0.1, 0.15) is 75.0 Å². The minimum atomic E-state index is -0.640. The Bertz CT molecular complexity index is 533. The zero-order valence-electron chi connectivity index (χ0n) is 12.9. The van der Waals surface area contributed by atoms with Crippen molar-refractivity contribution in [3.63, 3.8) is 0 Å². The van der Waals surface area contributed by atoms with Crippen molar-refractivity contribution in [1.29, 1.82) is 5.26 Å². The lowest BCUT2D eigenvalue weighted by molar-refractivity contribution is 0.0242. The molecule has 2 heteroatoms. The molecule has 2 aliphatic carbocycles. The predicted molar refractivity (Wildman–Crippen MR) is 83.7 cm³/mol. The van der Waals surface area contributed by atoms with E-state index in [-0.39, 0.29) is 0 Å². The summed E-state index contributed by atoms with van der Waals surface area (Å²) < 4.78 is 0. The van der Waals surface area contributed by atoms with E-state index in [9.17, 15) is 10.4 Å². The first-order valence-corrected chi connectivity index (χ1v) is 8.37. The maximum Gasteiger partial charge on any atom is 0.0976 e. The summed E-state index contributed by atoms with van der Waals surface area (Å²) in [6, 6.07) is 10.8. The summed E-state index contributed by atoms with van der Waals surface area (Å²) in [4.78, 5) is 0. The van der Waals surface area contributed by atoms with E-state index >= 15 is 0 Å². The lowest BCUT2D eigenvalue weighted by Crippen LogP contribution is -2.32. The largest absolute Gasteiger partial charge is 0.387 e. The molecule has 0 heterocycles. The van der Waals surface area contributed by atoms with Gasteiger partial charge in [-0.05, 0) is 61.5 Å². The highest BCUT2D eigenvalue weighted by Gasteiger charge is 2.42. The molecule has 21 heavy (non-hydrogen) atoms. The lowest BCUT2D eigenvalue weighted by Gasteiger charge is -2.38.